The average Bonchev–Trinajstić information content (AvgIpc) is 3.38. The van der Waals surface area contributed by atoms with Crippen LogP contribution in [0.25, 0.3) is 10.2 Å². The molecular formula is C31H25N3O5S2. The van der Waals surface area contributed by atoms with Gasteiger partial charge in [-0.3, -0.25) is 9.59 Å². The molecule has 0 aliphatic carbocycles. The second-order valence-corrected chi connectivity index (χ2v) is 11.0. The van der Waals surface area contributed by atoms with Gasteiger partial charge in [-0.2, -0.15) is 0 Å². The fraction of sp³-hybridized carbons (Fsp3) is 0.0968. The molecule has 5 aromatic rings. The third-order valence-corrected chi connectivity index (χ3v) is 8.17. The number of hydrogen-bond donors (Lipinski definition) is 3. The first kappa shape index (κ1) is 27.9. The first-order valence-electron chi connectivity index (χ1n) is 12.7. The number of aromatic carboxylic acids is 1. The number of amides is 2. The van der Waals surface area contributed by atoms with Crippen molar-refractivity contribution >= 4 is 61.9 Å². The summed E-state index contributed by atoms with van der Waals surface area (Å²) in [6.45, 7) is 2.48. The van der Waals surface area contributed by atoms with E-state index >= 15 is 0 Å². The van der Waals surface area contributed by atoms with Crippen LogP contribution in [0.1, 0.15) is 38.5 Å². The van der Waals surface area contributed by atoms with E-state index in [4.69, 9.17) is 4.74 Å². The highest BCUT2D eigenvalue weighted by molar-refractivity contribution is 8.00. The van der Waals surface area contributed by atoms with Gasteiger partial charge < -0.3 is 20.5 Å². The summed E-state index contributed by atoms with van der Waals surface area (Å²) < 4.78 is 6.48. The molecule has 0 aliphatic rings. The molecule has 1 unspecified atom stereocenters. The number of fused-ring (bicyclic) bond motifs is 1. The Labute approximate surface area is 244 Å². The summed E-state index contributed by atoms with van der Waals surface area (Å²) in [6.07, 6.45) is 0. The minimum absolute atomic E-state index is 0.0591. The van der Waals surface area contributed by atoms with E-state index in [0.717, 1.165) is 26.4 Å². The molecular weight excluding hydrogens is 558 g/mol. The van der Waals surface area contributed by atoms with Crippen LogP contribution in [0.2, 0.25) is 0 Å². The molecule has 0 radical (unpaired) electrons. The van der Waals surface area contributed by atoms with Crippen molar-refractivity contribution in [1.29, 1.82) is 0 Å². The number of ether oxygens (including phenoxy) is 1. The van der Waals surface area contributed by atoms with E-state index in [1.54, 1.807) is 30.3 Å². The zero-order valence-electron chi connectivity index (χ0n) is 21.9. The van der Waals surface area contributed by atoms with Crippen molar-refractivity contribution < 1.29 is 24.2 Å². The van der Waals surface area contributed by atoms with Crippen molar-refractivity contribution in [1.82, 2.24) is 4.98 Å². The molecule has 0 spiro atoms. The lowest BCUT2D eigenvalue weighted by molar-refractivity contribution is -0.115. The molecule has 0 saturated heterocycles. The van der Waals surface area contributed by atoms with E-state index in [-0.39, 0.29) is 17.0 Å². The number of aromatic nitrogens is 1. The average molecular weight is 584 g/mol. The molecule has 0 bridgehead atoms. The Hall–Kier alpha value is -4.67. The number of anilines is 2. The van der Waals surface area contributed by atoms with Crippen LogP contribution in [0.4, 0.5) is 10.8 Å². The normalized spacial score (nSPS) is 11.5. The minimum atomic E-state index is -1.18. The molecule has 5 rings (SSSR count). The quantitative estimate of drug-likeness (QED) is 0.150. The van der Waals surface area contributed by atoms with Crippen LogP contribution in [-0.4, -0.2) is 34.5 Å². The van der Waals surface area contributed by atoms with Crippen molar-refractivity contribution in [2.75, 3.05) is 17.2 Å². The standard InChI is InChI=1S/C31H25N3O5S2/c1-2-39-21-15-16-25-26(18-21)41-31(33-25)34-29(36)27(19-9-4-3-5-10-19)40-22-12-8-11-20(17-22)32-28(35)23-13-6-7-14-24(23)30(37)38/h3-18,27H,2H2,1H3,(H,32,35)(H,37,38)(H,33,34,36). The molecule has 0 aliphatic heterocycles. The molecule has 0 fully saturated rings. The molecule has 41 heavy (non-hydrogen) atoms. The number of benzene rings is 4. The van der Waals surface area contributed by atoms with E-state index in [9.17, 15) is 19.5 Å². The van der Waals surface area contributed by atoms with Gasteiger partial charge in [0.1, 0.15) is 11.0 Å². The van der Waals surface area contributed by atoms with Crippen molar-refractivity contribution in [2.45, 2.75) is 17.1 Å². The molecule has 3 N–H and O–H groups in total. The topological polar surface area (TPSA) is 118 Å². The van der Waals surface area contributed by atoms with Crippen LogP contribution in [0.15, 0.2) is 102 Å². The molecule has 1 heterocycles. The molecule has 8 nitrogen and oxygen atoms in total. The summed E-state index contributed by atoms with van der Waals surface area (Å²) in [7, 11) is 0. The number of carboxylic acids is 1. The van der Waals surface area contributed by atoms with Gasteiger partial charge >= 0.3 is 5.97 Å². The van der Waals surface area contributed by atoms with Crippen LogP contribution in [0, 0.1) is 0 Å². The number of rotatable bonds is 10. The number of hydrogen-bond acceptors (Lipinski definition) is 7. The Bertz CT molecular complexity index is 1720. The summed E-state index contributed by atoms with van der Waals surface area (Å²) in [5.41, 5.74) is 2.03. The number of nitrogens with one attached hydrogen (secondary N) is 2. The lowest BCUT2D eigenvalue weighted by Gasteiger charge is -2.17. The number of thioether (sulfide) groups is 1. The van der Waals surface area contributed by atoms with Crippen molar-refractivity contribution in [2.24, 2.45) is 0 Å². The van der Waals surface area contributed by atoms with E-state index in [0.29, 0.717) is 17.4 Å². The maximum absolute atomic E-state index is 13.6. The van der Waals surface area contributed by atoms with Gasteiger partial charge in [0.05, 0.1) is 28.0 Å². The molecule has 206 valence electrons. The highest BCUT2D eigenvalue weighted by atomic mass is 32.2. The van der Waals surface area contributed by atoms with Crippen LogP contribution >= 0.6 is 23.1 Å². The molecule has 1 aromatic heterocycles. The first-order valence-corrected chi connectivity index (χ1v) is 14.4. The van der Waals surface area contributed by atoms with E-state index in [1.165, 1.54) is 35.2 Å². The smallest absolute Gasteiger partial charge is 0.336 e. The van der Waals surface area contributed by atoms with Gasteiger partial charge in [0.15, 0.2) is 5.13 Å². The van der Waals surface area contributed by atoms with Gasteiger partial charge in [-0.15, -0.1) is 11.8 Å². The minimum Gasteiger partial charge on any atom is -0.494 e. The second-order valence-electron chi connectivity index (χ2n) is 8.81. The highest BCUT2D eigenvalue weighted by Crippen LogP contribution is 2.38. The Balaban J connectivity index is 1.36. The fourth-order valence-electron chi connectivity index (χ4n) is 4.14. The highest BCUT2D eigenvalue weighted by Gasteiger charge is 2.24. The van der Waals surface area contributed by atoms with Crippen LogP contribution in [-0.2, 0) is 4.79 Å². The zero-order valence-corrected chi connectivity index (χ0v) is 23.5. The monoisotopic (exact) mass is 583 g/mol. The molecule has 2 amide bonds. The number of nitrogens with zero attached hydrogens (tertiary/aromatic N) is 1. The Kier molecular flexibility index (Phi) is 8.61. The van der Waals surface area contributed by atoms with Crippen molar-refractivity contribution in [3.8, 4) is 5.75 Å². The Morgan fingerprint density at radius 1 is 0.902 bits per heavy atom. The molecule has 0 saturated carbocycles. The predicted molar refractivity (Wildman–Crippen MR) is 162 cm³/mol. The Morgan fingerprint density at radius 3 is 2.41 bits per heavy atom. The van der Waals surface area contributed by atoms with Crippen molar-refractivity contribution in [3.05, 3.63) is 114 Å². The molecule has 1 atom stereocenters. The maximum atomic E-state index is 13.6. The SMILES string of the molecule is CCOc1ccc2nc(NC(=O)C(Sc3cccc(NC(=O)c4ccccc4C(=O)O)c3)c3ccccc3)sc2c1. The summed E-state index contributed by atoms with van der Waals surface area (Å²) in [6, 6.07) is 28.1. The van der Waals surface area contributed by atoms with Gasteiger partial charge in [0.25, 0.3) is 5.91 Å². The summed E-state index contributed by atoms with van der Waals surface area (Å²) in [5, 5.41) is 15.0. The van der Waals surface area contributed by atoms with Gasteiger partial charge in [0, 0.05) is 10.6 Å². The van der Waals surface area contributed by atoms with Gasteiger partial charge in [-0.05, 0) is 61.0 Å². The largest absolute Gasteiger partial charge is 0.494 e. The summed E-state index contributed by atoms with van der Waals surface area (Å²) in [5.74, 6) is -1.21. The summed E-state index contributed by atoms with van der Waals surface area (Å²) in [4.78, 5) is 43.3. The third-order valence-electron chi connectivity index (χ3n) is 5.99. The summed E-state index contributed by atoms with van der Waals surface area (Å²) >= 11 is 2.70. The van der Waals surface area contributed by atoms with E-state index < -0.39 is 17.1 Å². The van der Waals surface area contributed by atoms with Gasteiger partial charge in [0.2, 0.25) is 5.91 Å². The fourth-order valence-corrected chi connectivity index (χ4v) is 6.12. The Morgan fingerprint density at radius 2 is 1.66 bits per heavy atom. The molecule has 4 aromatic carbocycles. The lowest BCUT2D eigenvalue weighted by Crippen LogP contribution is -2.19. The number of carbonyl (C=O) groups excluding carboxylic acids is 2. The van der Waals surface area contributed by atoms with Gasteiger partial charge in [-0.25, -0.2) is 9.78 Å². The van der Waals surface area contributed by atoms with Crippen LogP contribution in [0.5, 0.6) is 5.75 Å². The predicted octanol–water partition coefficient (Wildman–Crippen LogP) is 7.12. The van der Waals surface area contributed by atoms with Crippen LogP contribution < -0.4 is 15.4 Å². The zero-order chi connectivity index (χ0) is 28.8. The first-order chi connectivity index (χ1) is 19.9. The van der Waals surface area contributed by atoms with E-state index in [2.05, 4.69) is 15.6 Å². The van der Waals surface area contributed by atoms with Gasteiger partial charge in [-0.1, -0.05) is 59.9 Å². The lowest BCUT2D eigenvalue weighted by atomic mass is 10.1. The maximum Gasteiger partial charge on any atom is 0.336 e. The number of carboxylic acid groups (broad SMARTS) is 1. The second kappa shape index (κ2) is 12.7. The van der Waals surface area contributed by atoms with Crippen LogP contribution in [0.3, 0.4) is 0 Å². The molecule has 10 heteroatoms. The number of carbonyl (C=O) groups is 3. The number of thiazole rings is 1. The third kappa shape index (κ3) is 6.74. The van der Waals surface area contributed by atoms with Crippen molar-refractivity contribution in [3.63, 3.8) is 0 Å². The van der Waals surface area contributed by atoms with E-state index in [1.807, 2.05) is 61.5 Å².